The van der Waals surface area contributed by atoms with E-state index in [1.807, 2.05) is 13.8 Å². The van der Waals surface area contributed by atoms with Crippen molar-refractivity contribution in [3.63, 3.8) is 0 Å². The predicted octanol–water partition coefficient (Wildman–Crippen LogP) is 0.507. The summed E-state index contributed by atoms with van der Waals surface area (Å²) in [5, 5.41) is 2.52. The molecule has 0 aliphatic heterocycles. The lowest BCUT2D eigenvalue weighted by atomic mass is 10.5. The maximum atomic E-state index is 10.2. The average Bonchev–Trinajstić information content (AvgIpc) is 1.95. The summed E-state index contributed by atoms with van der Waals surface area (Å²) in [6, 6.07) is 0.529. The molecule has 0 aromatic rings. The minimum Gasteiger partial charge on any atom is -0.415 e. The highest BCUT2D eigenvalue weighted by Gasteiger charge is 1.96. The van der Waals surface area contributed by atoms with Gasteiger partial charge in [-0.05, 0) is 26.3 Å². The first-order chi connectivity index (χ1) is 5.63. The van der Waals surface area contributed by atoms with E-state index in [0.29, 0.717) is 22.4 Å². The fourth-order valence-corrected chi connectivity index (χ4v) is 1.37. The van der Waals surface area contributed by atoms with Crippen molar-refractivity contribution in [3.8, 4) is 0 Å². The molecule has 0 saturated carbocycles. The summed E-state index contributed by atoms with van der Waals surface area (Å²) in [4.78, 5) is 10.2. The van der Waals surface area contributed by atoms with Crippen molar-refractivity contribution in [2.75, 3.05) is 6.54 Å². The van der Waals surface area contributed by atoms with E-state index in [4.69, 9.17) is 10.2 Å². The number of nitrogens with one attached hydrogen (secondary N) is 1. The van der Waals surface area contributed by atoms with E-state index in [0.717, 1.165) is 12.5 Å². The summed E-state index contributed by atoms with van der Waals surface area (Å²) in [6.45, 7) is 4.66. The minimum atomic E-state index is -0.455. The Morgan fingerprint density at radius 3 is 2.83 bits per heavy atom. The van der Waals surface area contributed by atoms with Crippen molar-refractivity contribution in [2.24, 2.45) is 5.73 Å². The molecule has 2 amide bonds. The van der Waals surface area contributed by atoms with Crippen LogP contribution in [0.1, 0.15) is 20.3 Å². The van der Waals surface area contributed by atoms with Crippen molar-refractivity contribution in [2.45, 2.75) is 32.4 Å². The first-order valence-electron chi connectivity index (χ1n) is 4.04. The highest BCUT2D eigenvalue weighted by Crippen LogP contribution is 1.91. The number of carbonyl (C=O) groups excluding carboxylic acids is 1. The van der Waals surface area contributed by atoms with E-state index in [1.54, 1.807) is 0 Å². The van der Waals surface area contributed by atoms with Crippen molar-refractivity contribution in [1.82, 2.24) is 5.32 Å². The Kier molecular flexibility index (Phi) is 6.79. The van der Waals surface area contributed by atoms with Gasteiger partial charge < -0.3 is 15.5 Å². The molecule has 0 aromatic heterocycles. The number of hydrogen-bond donors (Lipinski definition) is 2. The second-order valence-electron chi connectivity index (χ2n) is 2.71. The molecule has 3 N–H and O–H groups in total. The number of rotatable bonds is 6. The van der Waals surface area contributed by atoms with Crippen molar-refractivity contribution in [1.29, 1.82) is 0 Å². The van der Waals surface area contributed by atoms with Gasteiger partial charge in [-0.15, -0.1) is 0 Å². The second kappa shape index (κ2) is 7.12. The largest absolute Gasteiger partial charge is 0.415 e. The van der Waals surface area contributed by atoms with Crippen LogP contribution in [0.15, 0.2) is 0 Å². The lowest BCUT2D eigenvalue weighted by Crippen LogP contribution is -2.30. The lowest BCUT2D eigenvalue weighted by molar-refractivity contribution is 0.247. The number of urea groups is 1. The van der Waals surface area contributed by atoms with Crippen LogP contribution in [0.2, 0.25) is 6.04 Å². The van der Waals surface area contributed by atoms with Gasteiger partial charge in [0.1, 0.15) is 0 Å². The molecule has 0 heterocycles. The van der Waals surface area contributed by atoms with E-state index in [1.165, 1.54) is 0 Å². The Morgan fingerprint density at radius 1 is 1.67 bits per heavy atom. The summed E-state index contributed by atoms with van der Waals surface area (Å²) in [6.07, 6.45) is 1.22. The summed E-state index contributed by atoms with van der Waals surface area (Å²) in [5.74, 6) is 0. The fraction of sp³-hybridized carbons (Fsp3) is 0.857. The van der Waals surface area contributed by atoms with Gasteiger partial charge in [-0.25, -0.2) is 4.79 Å². The van der Waals surface area contributed by atoms with Crippen LogP contribution in [-0.2, 0) is 4.43 Å². The maximum absolute atomic E-state index is 10.2. The van der Waals surface area contributed by atoms with E-state index < -0.39 is 6.03 Å². The zero-order valence-corrected chi connectivity index (χ0v) is 8.59. The van der Waals surface area contributed by atoms with Gasteiger partial charge in [0.2, 0.25) is 9.76 Å². The molecule has 0 aliphatic carbocycles. The minimum absolute atomic E-state index is 0.299. The van der Waals surface area contributed by atoms with Crippen LogP contribution in [0.25, 0.3) is 0 Å². The van der Waals surface area contributed by atoms with Gasteiger partial charge in [0, 0.05) is 12.6 Å². The molecular formula is C7H16N2O2Si. The molecule has 12 heavy (non-hydrogen) atoms. The van der Waals surface area contributed by atoms with Gasteiger partial charge in [0.25, 0.3) is 0 Å². The van der Waals surface area contributed by atoms with Gasteiger partial charge in [-0.2, -0.15) is 0 Å². The third-order valence-corrected chi connectivity index (χ3v) is 2.27. The molecule has 0 saturated heterocycles. The molecule has 5 heteroatoms. The number of hydrogen-bond acceptors (Lipinski definition) is 2. The van der Waals surface area contributed by atoms with E-state index in [2.05, 4.69) is 5.32 Å². The number of carbonyl (C=O) groups is 1. The SMILES string of the molecule is CC(C)O[Si]CCCNC(N)=O. The third kappa shape index (κ3) is 9.45. The first kappa shape index (κ1) is 11.4. The van der Waals surface area contributed by atoms with Crippen LogP contribution in [-0.4, -0.2) is 28.4 Å². The normalized spacial score (nSPS) is 10.2. The number of nitrogens with two attached hydrogens (primary N) is 1. The molecule has 2 radical (unpaired) electrons. The number of amides is 2. The second-order valence-corrected chi connectivity index (χ2v) is 3.73. The Labute approximate surface area is 75.8 Å². The van der Waals surface area contributed by atoms with Crippen molar-refractivity contribution in [3.05, 3.63) is 0 Å². The van der Waals surface area contributed by atoms with Crippen LogP contribution in [0.3, 0.4) is 0 Å². The van der Waals surface area contributed by atoms with Crippen molar-refractivity contribution >= 4 is 15.8 Å². The molecule has 0 atom stereocenters. The monoisotopic (exact) mass is 188 g/mol. The Morgan fingerprint density at radius 2 is 2.33 bits per heavy atom. The van der Waals surface area contributed by atoms with Crippen LogP contribution in [0, 0.1) is 0 Å². The molecule has 0 fully saturated rings. The summed E-state index contributed by atoms with van der Waals surface area (Å²) in [7, 11) is 0.524. The average molecular weight is 188 g/mol. The Bertz CT molecular complexity index is 131. The molecular weight excluding hydrogens is 172 g/mol. The molecule has 4 nitrogen and oxygen atoms in total. The van der Waals surface area contributed by atoms with Gasteiger partial charge in [0.15, 0.2) is 0 Å². The molecule has 0 unspecified atom stereocenters. The highest BCUT2D eigenvalue weighted by atomic mass is 28.2. The van der Waals surface area contributed by atoms with Gasteiger partial charge in [-0.1, -0.05) is 0 Å². The highest BCUT2D eigenvalue weighted by molar-refractivity contribution is 6.27. The summed E-state index contributed by atoms with van der Waals surface area (Å²) in [5.41, 5.74) is 4.88. The molecule has 70 valence electrons. The zero-order chi connectivity index (χ0) is 9.40. The van der Waals surface area contributed by atoms with E-state index in [9.17, 15) is 4.79 Å². The zero-order valence-electron chi connectivity index (χ0n) is 7.59. The van der Waals surface area contributed by atoms with Gasteiger partial charge in [-0.3, -0.25) is 0 Å². The quantitative estimate of drug-likeness (QED) is 0.471. The number of primary amides is 1. The third-order valence-electron chi connectivity index (χ3n) is 1.07. The maximum Gasteiger partial charge on any atom is 0.312 e. The molecule has 0 spiro atoms. The first-order valence-corrected chi connectivity index (χ1v) is 5.16. The Balaban J connectivity index is 2.96. The molecule has 0 aliphatic rings. The molecule has 0 rings (SSSR count). The molecule has 0 aromatic carbocycles. The molecule has 0 bridgehead atoms. The van der Waals surface area contributed by atoms with E-state index in [-0.39, 0.29) is 0 Å². The van der Waals surface area contributed by atoms with E-state index >= 15 is 0 Å². The summed E-state index contributed by atoms with van der Waals surface area (Å²) < 4.78 is 5.33. The lowest BCUT2D eigenvalue weighted by Gasteiger charge is -2.05. The van der Waals surface area contributed by atoms with Crippen LogP contribution in [0.4, 0.5) is 4.79 Å². The predicted molar refractivity (Wildman–Crippen MR) is 49.0 cm³/mol. The van der Waals surface area contributed by atoms with Gasteiger partial charge >= 0.3 is 6.03 Å². The van der Waals surface area contributed by atoms with Crippen LogP contribution >= 0.6 is 0 Å². The fourth-order valence-electron chi connectivity index (χ4n) is 0.598. The topological polar surface area (TPSA) is 64.3 Å². The smallest absolute Gasteiger partial charge is 0.312 e. The van der Waals surface area contributed by atoms with Crippen molar-refractivity contribution < 1.29 is 9.22 Å². The van der Waals surface area contributed by atoms with Crippen LogP contribution in [0.5, 0.6) is 0 Å². The van der Waals surface area contributed by atoms with Crippen LogP contribution < -0.4 is 11.1 Å². The summed E-state index contributed by atoms with van der Waals surface area (Å²) >= 11 is 0. The van der Waals surface area contributed by atoms with Gasteiger partial charge in [0.05, 0.1) is 0 Å². The standard InChI is InChI=1S/C7H16N2O2Si/c1-6(2)11-12-5-3-4-9-7(8)10/h6H,3-5H2,1-2H3,(H3,8,9,10). The Hall–Kier alpha value is -0.553.